The van der Waals surface area contributed by atoms with Crippen LogP contribution in [0.1, 0.15) is 40.0 Å². The maximum Gasteiger partial charge on any atom is 0.0666 e. The summed E-state index contributed by atoms with van der Waals surface area (Å²) in [5, 5.41) is 19.2. The van der Waals surface area contributed by atoms with Gasteiger partial charge in [-0.05, 0) is 43.3 Å². The molecule has 0 aliphatic heterocycles. The zero-order chi connectivity index (χ0) is 13.3. The highest BCUT2D eigenvalue weighted by Gasteiger charge is 2.38. The van der Waals surface area contributed by atoms with E-state index in [1.807, 2.05) is 6.08 Å². The Balaban J connectivity index is 2.34. The van der Waals surface area contributed by atoms with Gasteiger partial charge in [-0.1, -0.05) is 37.6 Å². The molecule has 0 heterocycles. The van der Waals surface area contributed by atoms with Crippen molar-refractivity contribution in [2.45, 2.75) is 46.1 Å². The first kappa shape index (κ1) is 13.6. The third kappa shape index (κ3) is 2.32. The molecule has 2 aliphatic carbocycles. The lowest BCUT2D eigenvalue weighted by Crippen LogP contribution is -2.36. The molecule has 0 radical (unpaired) electrons. The molecule has 2 heteroatoms. The maximum atomic E-state index is 10.2. The van der Waals surface area contributed by atoms with Crippen LogP contribution in [-0.2, 0) is 0 Å². The number of aliphatic hydroxyl groups is 2. The highest BCUT2D eigenvalue weighted by Crippen LogP contribution is 2.46. The van der Waals surface area contributed by atoms with E-state index < -0.39 is 0 Å². The van der Waals surface area contributed by atoms with Crippen molar-refractivity contribution in [3.63, 3.8) is 0 Å². The summed E-state index contributed by atoms with van der Waals surface area (Å²) in [6, 6.07) is 0. The summed E-state index contributed by atoms with van der Waals surface area (Å²) in [6.07, 6.45) is 9.08. The van der Waals surface area contributed by atoms with Gasteiger partial charge in [-0.2, -0.15) is 0 Å². The molecule has 2 aliphatic rings. The van der Waals surface area contributed by atoms with E-state index in [0.717, 1.165) is 19.3 Å². The quantitative estimate of drug-likeness (QED) is 0.738. The fourth-order valence-electron chi connectivity index (χ4n) is 3.06. The van der Waals surface area contributed by atoms with E-state index in [0.29, 0.717) is 5.92 Å². The monoisotopic (exact) mass is 248 g/mol. The molecule has 0 bridgehead atoms. The molecule has 0 fully saturated rings. The summed E-state index contributed by atoms with van der Waals surface area (Å²) in [4.78, 5) is 0. The van der Waals surface area contributed by atoms with E-state index in [1.54, 1.807) is 0 Å². The van der Waals surface area contributed by atoms with Crippen molar-refractivity contribution in [1.82, 2.24) is 0 Å². The molecule has 0 aromatic carbocycles. The van der Waals surface area contributed by atoms with Crippen LogP contribution < -0.4 is 0 Å². The van der Waals surface area contributed by atoms with Crippen molar-refractivity contribution in [1.29, 1.82) is 0 Å². The Labute approximate surface area is 110 Å². The van der Waals surface area contributed by atoms with Crippen molar-refractivity contribution in [3.8, 4) is 0 Å². The molecule has 18 heavy (non-hydrogen) atoms. The molecule has 1 unspecified atom stereocenters. The molecular weight excluding hydrogens is 224 g/mol. The van der Waals surface area contributed by atoms with Gasteiger partial charge in [0.05, 0.1) is 12.7 Å². The minimum atomic E-state index is -0.284. The highest BCUT2D eigenvalue weighted by molar-refractivity contribution is 5.43. The van der Waals surface area contributed by atoms with E-state index in [9.17, 15) is 5.11 Å². The van der Waals surface area contributed by atoms with Gasteiger partial charge in [-0.3, -0.25) is 0 Å². The van der Waals surface area contributed by atoms with E-state index >= 15 is 0 Å². The largest absolute Gasteiger partial charge is 0.392 e. The molecule has 0 saturated carbocycles. The summed E-state index contributed by atoms with van der Waals surface area (Å²) >= 11 is 0. The van der Waals surface area contributed by atoms with Crippen LogP contribution in [0.25, 0.3) is 0 Å². The van der Waals surface area contributed by atoms with Crippen molar-refractivity contribution in [2.75, 3.05) is 6.61 Å². The predicted octanol–water partition coefficient (Wildman–Crippen LogP) is 2.98. The minimum Gasteiger partial charge on any atom is -0.392 e. The lowest BCUT2D eigenvalue weighted by molar-refractivity contribution is 0.0720. The van der Waals surface area contributed by atoms with Gasteiger partial charge in [0.1, 0.15) is 0 Å². The number of rotatable bonds is 2. The standard InChI is InChI=1S/C16H24O2/c1-11(8-9-17)13-5-4-12-6-7-15(18)16(2,3)14(12)10-13/h6,8,10,13,15,17-18H,4-5,7,9H2,1-3H3/t13?,15-/m0/s1. The summed E-state index contributed by atoms with van der Waals surface area (Å²) in [5.41, 5.74) is 3.81. The normalized spacial score (nSPS) is 31.5. The lowest BCUT2D eigenvalue weighted by Gasteiger charge is -2.41. The smallest absolute Gasteiger partial charge is 0.0666 e. The number of hydrogen-bond donors (Lipinski definition) is 2. The Morgan fingerprint density at radius 1 is 1.50 bits per heavy atom. The highest BCUT2D eigenvalue weighted by atomic mass is 16.3. The van der Waals surface area contributed by atoms with Crippen molar-refractivity contribution >= 4 is 0 Å². The zero-order valence-electron chi connectivity index (χ0n) is 11.6. The molecule has 0 saturated heterocycles. The van der Waals surface area contributed by atoms with Crippen LogP contribution in [0, 0.1) is 11.3 Å². The molecule has 2 rings (SSSR count). The second-order valence-electron chi connectivity index (χ2n) is 6.06. The summed E-state index contributed by atoms with van der Waals surface area (Å²) in [7, 11) is 0. The number of fused-ring (bicyclic) bond motifs is 1. The van der Waals surface area contributed by atoms with E-state index in [-0.39, 0.29) is 18.1 Å². The van der Waals surface area contributed by atoms with Crippen LogP contribution in [-0.4, -0.2) is 22.9 Å². The molecule has 2 nitrogen and oxygen atoms in total. The van der Waals surface area contributed by atoms with Gasteiger partial charge in [-0.15, -0.1) is 0 Å². The Morgan fingerprint density at radius 3 is 2.89 bits per heavy atom. The van der Waals surface area contributed by atoms with Crippen LogP contribution >= 0.6 is 0 Å². The predicted molar refractivity (Wildman–Crippen MR) is 74.1 cm³/mol. The Morgan fingerprint density at radius 2 is 2.22 bits per heavy atom. The summed E-state index contributed by atoms with van der Waals surface area (Å²) in [6.45, 7) is 6.45. The topological polar surface area (TPSA) is 40.5 Å². The first-order chi connectivity index (χ1) is 8.46. The first-order valence-electron chi connectivity index (χ1n) is 6.84. The van der Waals surface area contributed by atoms with E-state index in [4.69, 9.17) is 5.11 Å². The molecular formula is C16H24O2. The summed E-state index contributed by atoms with van der Waals surface area (Å²) in [5.74, 6) is 0.411. The van der Waals surface area contributed by atoms with Crippen LogP contribution in [0.2, 0.25) is 0 Å². The minimum absolute atomic E-state index is 0.111. The molecule has 0 amide bonds. The molecule has 2 N–H and O–H groups in total. The van der Waals surface area contributed by atoms with Gasteiger partial charge >= 0.3 is 0 Å². The van der Waals surface area contributed by atoms with Gasteiger partial charge in [-0.25, -0.2) is 0 Å². The fourth-order valence-corrected chi connectivity index (χ4v) is 3.06. The lowest BCUT2D eigenvalue weighted by atomic mass is 9.66. The van der Waals surface area contributed by atoms with Crippen molar-refractivity contribution in [3.05, 3.63) is 34.9 Å². The zero-order valence-corrected chi connectivity index (χ0v) is 11.6. The number of hydrogen-bond acceptors (Lipinski definition) is 2. The first-order valence-corrected chi connectivity index (χ1v) is 6.84. The molecule has 100 valence electrons. The van der Waals surface area contributed by atoms with Crippen LogP contribution in [0.3, 0.4) is 0 Å². The fraction of sp³-hybridized carbons (Fsp3) is 0.625. The Bertz CT molecular complexity index is 413. The average molecular weight is 248 g/mol. The molecule has 2 atom stereocenters. The third-order valence-corrected chi connectivity index (χ3v) is 4.55. The van der Waals surface area contributed by atoms with Gasteiger partial charge in [0.2, 0.25) is 0 Å². The van der Waals surface area contributed by atoms with Gasteiger partial charge < -0.3 is 10.2 Å². The SMILES string of the molecule is CC(=CCO)C1C=C2C(=CC[C@H](O)C2(C)C)CC1. The van der Waals surface area contributed by atoms with E-state index in [1.165, 1.54) is 16.7 Å². The maximum absolute atomic E-state index is 10.2. The van der Waals surface area contributed by atoms with Crippen LogP contribution in [0.15, 0.2) is 34.9 Å². The van der Waals surface area contributed by atoms with E-state index in [2.05, 4.69) is 32.9 Å². The summed E-state index contributed by atoms with van der Waals surface area (Å²) < 4.78 is 0. The van der Waals surface area contributed by atoms with Gasteiger partial charge in [0.25, 0.3) is 0 Å². The second kappa shape index (κ2) is 5.02. The van der Waals surface area contributed by atoms with Crippen molar-refractivity contribution < 1.29 is 10.2 Å². The second-order valence-corrected chi connectivity index (χ2v) is 6.06. The molecule has 0 aromatic rings. The molecule has 0 aromatic heterocycles. The van der Waals surface area contributed by atoms with Crippen LogP contribution in [0.5, 0.6) is 0 Å². The third-order valence-electron chi connectivity index (χ3n) is 4.55. The Kier molecular flexibility index (Phi) is 3.79. The Hall–Kier alpha value is -0.860. The van der Waals surface area contributed by atoms with Gasteiger partial charge in [0, 0.05) is 5.41 Å². The number of allylic oxidation sites excluding steroid dienone is 3. The van der Waals surface area contributed by atoms with Crippen LogP contribution in [0.4, 0.5) is 0 Å². The molecule has 0 spiro atoms. The van der Waals surface area contributed by atoms with Crippen molar-refractivity contribution in [2.24, 2.45) is 11.3 Å². The van der Waals surface area contributed by atoms with Gasteiger partial charge in [0.15, 0.2) is 0 Å². The number of aliphatic hydroxyl groups excluding tert-OH is 2. The average Bonchev–Trinajstić information content (AvgIpc) is 2.34.